The van der Waals surface area contributed by atoms with E-state index in [0.717, 1.165) is 11.1 Å². The number of hydrogen-bond acceptors (Lipinski definition) is 9. The van der Waals surface area contributed by atoms with Gasteiger partial charge in [0.25, 0.3) is 0 Å². The van der Waals surface area contributed by atoms with Gasteiger partial charge < -0.3 is 34.1 Å². The van der Waals surface area contributed by atoms with Crippen LogP contribution >= 0.6 is 11.6 Å². The summed E-state index contributed by atoms with van der Waals surface area (Å²) in [4.78, 5) is 38.8. The quantitative estimate of drug-likeness (QED) is 0.331. The van der Waals surface area contributed by atoms with Crippen molar-refractivity contribution >= 4 is 35.3 Å². The number of methoxy groups -OCH3 is 2. The molecule has 3 heterocycles. The molecule has 11 nitrogen and oxygen atoms in total. The number of amides is 2. The zero-order chi connectivity index (χ0) is 31.7. The van der Waals surface area contributed by atoms with E-state index < -0.39 is 65.5 Å². The van der Waals surface area contributed by atoms with Gasteiger partial charge in [0.1, 0.15) is 34.7 Å². The molecule has 2 saturated heterocycles. The highest BCUT2D eigenvalue weighted by Gasteiger charge is 2.64. The van der Waals surface area contributed by atoms with Crippen LogP contribution in [0.3, 0.4) is 0 Å². The molecule has 4 rings (SSSR count). The highest BCUT2D eigenvalue weighted by Crippen LogP contribution is 2.49. The summed E-state index contributed by atoms with van der Waals surface area (Å²) in [6, 6.07) is 3.56. The van der Waals surface area contributed by atoms with Gasteiger partial charge in [0, 0.05) is 19.4 Å². The van der Waals surface area contributed by atoms with E-state index in [1.165, 1.54) is 14.2 Å². The smallest absolute Gasteiger partial charge is 0.409 e. The van der Waals surface area contributed by atoms with Crippen molar-refractivity contribution in [1.82, 2.24) is 5.32 Å². The minimum absolute atomic E-state index is 0.00243. The third-order valence-corrected chi connectivity index (χ3v) is 8.64. The number of alkyl carbamates (subject to hydrolysis) is 1. The number of rotatable bonds is 4. The molecule has 7 unspecified atom stereocenters. The summed E-state index contributed by atoms with van der Waals surface area (Å²) in [6.07, 6.45) is 1.59. The molecular formula is C31H41ClN2O9. The lowest BCUT2D eigenvalue weighted by atomic mass is 9.83. The summed E-state index contributed by atoms with van der Waals surface area (Å²) in [5.41, 5.74) is -0.698. The van der Waals surface area contributed by atoms with Gasteiger partial charge in [0.15, 0.2) is 5.72 Å². The molecule has 1 aromatic carbocycles. The zero-order valence-electron chi connectivity index (χ0n) is 25.6. The van der Waals surface area contributed by atoms with Gasteiger partial charge in [-0.25, -0.2) is 4.79 Å². The Morgan fingerprint density at radius 1 is 1.23 bits per heavy atom. The van der Waals surface area contributed by atoms with Crippen LogP contribution in [0, 0.1) is 11.8 Å². The normalized spacial score (nSPS) is 34.9. The summed E-state index contributed by atoms with van der Waals surface area (Å²) >= 11 is 6.57. The van der Waals surface area contributed by atoms with E-state index in [2.05, 4.69) is 10.6 Å². The van der Waals surface area contributed by atoms with Gasteiger partial charge in [-0.1, -0.05) is 56.2 Å². The van der Waals surface area contributed by atoms with E-state index >= 15 is 0 Å². The Hall–Kier alpha value is -3.12. The molecule has 12 heteroatoms. The molecule has 2 fully saturated rings. The number of fused-ring (bicyclic) bond motifs is 5. The summed E-state index contributed by atoms with van der Waals surface area (Å²) in [5, 5.41) is 17.2. The van der Waals surface area contributed by atoms with Crippen molar-refractivity contribution in [3.8, 4) is 5.75 Å². The maximum Gasteiger partial charge on any atom is 0.409 e. The highest BCUT2D eigenvalue weighted by atomic mass is 35.5. The average molecular weight is 621 g/mol. The van der Waals surface area contributed by atoms with E-state index in [4.69, 9.17) is 35.3 Å². The van der Waals surface area contributed by atoms with Crippen LogP contribution in [0.2, 0.25) is 5.02 Å². The number of allylic oxidation sites excluding steroid dienone is 3. The summed E-state index contributed by atoms with van der Waals surface area (Å²) in [7, 11) is 2.94. The third-order valence-electron chi connectivity index (χ3n) is 8.25. The molecule has 0 radical (unpaired) electrons. The number of benzene rings is 1. The van der Waals surface area contributed by atoms with E-state index in [9.17, 15) is 19.5 Å². The molecule has 0 saturated carbocycles. The second-order valence-corrected chi connectivity index (χ2v) is 12.4. The fourth-order valence-electron chi connectivity index (χ4n) is 5.68. The van der Waals surface area contributed by atoms with Crippen molar-refractivity contribution in [1.29, 1.82) is 0 Å². The van der Waals surface area contributed by atoms with Crippen LogP contribution in [0.5, 0.6) is 5.75 Å². The van der Waals surface area contributed by atoms with Crippen LogP contribution in [0.15, 0.2) is 35.9 Å². The number of halogens is 1. The number of esters is 1. The van der Waals surface area contributed by atoms with Crippen molar-refractivity contribution in [3.05, 3.63) is 46.5 Å². The Labute approximate surface area is 256 Å². The molecule has 3 N–H and O–H groups in total. The predicted octanol–water partition coefficient (Wildman–Crippen LogP) is 4.30. The molecule has 1 aromatic rings. The van der Waals surface area contributed by atoms with Crippen LogP contribution in [-0.4, -0.2) is 73.0 Å². The summed E-state index contributed by atoms with van der Waals surface area (Å²) < 4.78 is 28.6. The number of anilines is 1. The number of hydrogen-bond donors (Lipinski definition) is 3. The molecule has 2 amide bonds. The second-order valence-electron chi connectivity index (χ2n) is 12.0. The number of nitrogens with one attached hydrogen (secondary N) is 2. The second kappa shape index (κ2) is 12.9. The maximum atomic E-state index is 13.4. The maximum absolute atomic E-state index is 13.4. The Bertz CT molecular complexity index is 1310. The van der Waals surface area contributed by atoms with E-state index in [0.29, 0.717) is 17.9 Å². The minimum Gasteiger partial charge on any atom is -0.495 e. The molecule has 4 bridgehead atoms. The van der Waals surface area contributed by atoms with Crippen molar-refractivity contribution in [2.24, 2.45) is 11.8 Å². The Morgan fingerprint density at radius 2 is 1.95 bits per heavy atom. The fraction of sp³-hybridized carbons (Fsp3) is 0.581. The standard InChI is InChI=1S/C31H41ClN2O9/c1-16(2)28(36)42-24-14-25(35)33-20-12-19(13-21(39-6)26(20)32)11-17(3)9-8-10-23(40-7)31(38)15-22(41-29(37)34-31)18(4)27-30(24,5)43-27/h8-10,12-13,16,18,22-24,27,38H,11,14-15H2,1-7H3,(H,33,35)(H,34,37)/b10-8+,17-9-. The minimum atomic E-state index is -1.77. The largest absolute Gasteiger partial charge is 0.495 e. The van der Waals surface area contributed by atoms with Gasteiger partial charge in [-0.05, 0) is 38.0 Å². The molecule has 3 aliphatic heterocycles. The Kier molecular flexibility index (Phi) is 9.80. The van der Waals surface area contributed by atoms with E-state index in [1.807, 2.05) is 19.9 Å². The number of ether oxygens (including phenoxy) is 5. The van der Waals surface area contributed by atoms with Crippen molar-refractivity contribution in [2.75, 3.05) is 19.5 Å². The van der Waals surface area contributed by atoms with Crippen LogP contribution in [0.1, 0.15) is 53.0 Å². The van der Waals surface area contributed by atoms with E-state index in [1.54, 1.807) is 45.1 Å². The molecule has 7 atom stereocenters. The lowest BCUT2D eigenvalue weighted by Gasteiger charge is -2.42. The first-order valence-electron chi connectivity index (χ1n) is 14.3. The first-order chi connectivity index (χ1) is 20.2. The van der Waals surface area contributed by atoms with Crippen LogP contribution < -0.4 is 15.4 Å². The van der Waals surface area contributed by atoms with Crippen molar-refractivity contribution in [3.63, 3.8) is 0 Å². The van der Waals surface area contributed by atoms with Gasteiger partial charge in [0.05, 0.1) is 31.2 Å². The monoisotopic (exact) mass is 620 g/mol. The average Bonchev–Trinajstić information content (AvgIpc) is 3.63. The van der Waals surface area contributed by atoms with Gasteiger partial charge in [-0.15, -0.1) is 0 Å². The lowest BCUT2D eigenvalue weighted by molar-refractivity contribution is -0.157. The number of carbonyl (C=O) groups excluding carboxylic acids is 3. The summed E-state index contributed by atoms with van der Waals surface area (Å²) in [6.45, 7) is 8.91. The number of carbonyl (C=O) groups is 3. The molecule has 0 spiro atoms. The number of epoxide rings is 1. The third kappa shape index (κ3) is 7.17. The van der Waals surface area contributed by atoms with Gasteiger partial charge in [0.2, 0.25) is 5.91 Å². The molecule has 3 aliphatic rings. The van der Waals surface area contributed by atoms with Gasteiger partial charge in [-0.3, -0.25) is 14.9 Å². The van der Waals surface area contributed by atoms with Crippen LogP contribution in [-0.2, 0) is 35.0 Å². The predicted molar refractivity (Wildman–Crippen MR) is 159 cm³/mol. The van der Waals surface area contributed by atoms with Gasteiger partial charge in [-0.2, -0.15) is 0 Å². The summed E-state index contributed by atoms with van der Waals surface area (Å²) in [5.74, 6) is -1.41. The molecular weight excluding hydrogens is 580 g/mol. The van der Waals surface area contributed by atoms with Crippen LogP contribution in [0.25, 0.3) is 0 Å². The molecule has 236 valence electrons. The van der Waals surface area contributed by atoms with Gasteiger partial charge >= 0.3 is 12.1 Å². The molecule has 0 aliphatic carbocycles. The fourth-order valence-corrected chi connectivity index (χ4v) is 5.92. The van der Waals surface area contributed by atoms with Crippen molar-refractivity contribution in [2.45, 2.75) is 89.6 Å². The topological polar surface area (TPSA) is 145 Å². The highest BCUT2D eigenvalue weighted by molar-refractivity contribution is 6.35. The number of aliphatic hydroxyl groups is 1. The zero-order valence-corrected chi connectivity index (χ0v) is 26.3. The van der Waals surface area contributed by atoms with Crippen LogP contribution in [0.4, 0.5) is 10.5 Å². The molecule has 43 heavy (non-hydrogen) atoms. The first-order valence-corrected chi connectivity index (χ1v) is 14.7. The SMILES string of the molecule is COc1cc2cc(c1Cl)NC(=O)CC(OC(=O)C(C)C)C1(C)OC1C(C)C1CC(O)(NC(=O)O1)C(OC)/C=C/C=C(/C)C2. The van der Waals surface area contributed by atoms with Crippen molar-refractivity contribution < 1.29 is 43.2 Å². The Morgan fingerprint density at radius 3 is 2.60 bits per heavy atom. The first kappa shape index (κ1) is 32.8. The lowest BCUT2D eigenvalue weighted by Crippen LogP contribution is -2.63. The Balaban J connectivity index is 1.76. The van der Waals surface area contributed by atoms with E-state index in [-0.39, 0.29) is 17.9 Å². The molecule has 0 aromatic heterocycles.